The fourth-order valence-electron chi connectivity index (χ4n) is 2.54. The van der Waals surface area contributed by atoms with Gasteiger partial charge in [-0.3, -0.25) is 4.90 Å². The third kappa shape index (κ3) is 1.12. The summed E-state index contributed by atoms with van der Waals surface area (Å²) in [7, 11) is 0. The summed E-state index contributed by atoms with van der Waals surface area (Å²) >= 11 is 0. The zero-order chi connectivity index (χ0) is 8.44. The molecule has 2 fully saturated rings. The van der Waals surface area contributed by atoms with Gasteiger partial charge in [0, 0.05) is 12.1 Å². The van der Waals surface area contributed by atoms with Crippen LogP contribution in [0.3, 0.4) is 0 Å². The van der Waals surface area contributed by atoms with Crippen molar-refractivity contribution in [1.29, 1.82) is 5.26 Å². The lowest BCUT2D eigenvalue weighted by Crippen LogP contribution is -2.45. The summed E-state index contributed by atoms with van der Waals surface area (Å²) < 4.78 is 0. The van der Waals surface area contributed by atoms with Crippen molar-refractivity contribution in [2.45, 2.75) is 24.8 Å². The molecule has 0 unspecified atom stereocenters. The van der Waals surface area contributed by atoms with Crippen molar-refractivity contribution < 1.29 is 0 Å². The highest BCUT2D eigenvalue weighted by molar-refractivity contribution is 5.03. The molecule has 1 atom stereocenters. The Balaban J connectivity index is 2.07. The van der Waals surface area contributed by atoms with Gasteiger partial charge >= 0.3 is 0 Å². The Kier molecular flexibility index (Phi) is 2.03. The number of hydrogen-bond acceptors (Lipinski definition) is 3. The molecule has 0 radical (unpaired) electrons. The van der Waals surface area contributed by atoms with E-state index in [1.807, 2.05) is 0 Å². The standard InChI is InChI=1S/C9H15N3/c10-4-7-12-6-1-2-9(12)3-5-11-8-9/h11H,1-3,5-8H2/t9-/m0/s1. The van der Waals surface area contributed by atoms with Crippen LogP contribution in [0.5, 0.6) is 0 Å². The van der Waals surface area contributed by atoms with Crippen molar-refractivity contribution in [3.05, 3.63) is 0 Å². The van der Waals surface area contributed by atoms with Gasteiger partial charge in [-0.05, 0) is 32.4 Å². The molecule has 2 aliphatic heterocycles. The van der Waals surface area contributed by atoms with E-state index in [-0.39, 0.29) is 0 Å². The molecule has 2 aliphatic rings. The van der Waals surface area contributed by atoms with E-state index in [0.717, 1.165) is 19.6 Å². The van der Waals surface area contributed by atoms with Gasteiger partial charge in [-0.25, -0.2) is 0 Å². The number of hydrogen-bond donors (Lipinski definition) is 1. The van der Waals surface area contributed by atoms with Crippen molar-refractivity contribution in [1.82, 2.24) is 10.2 Å². The second-order valence-corrected chi connectivity index (χ2v) is 3.83. The highest BCUT2D eigenvalue weighted by Crippen LogP contribution is 2.33. The van der Waals surface area contributed by atoms with Gasteiger partial charge in [0.05, 0.1) is 12.6 Å². The van der Waals surface area contributed by atoms with Gasteiger partial charge in [0.2, 0.25) is 0 Å². The number of nitrogens with zero attached hydrogens (tertiary/aromatic N) is 2. The Labute approximate surface area is 73.3 Å². The van der Waals surface area contributed by atoms with E-state index >= 15 is 0 Å². The average Bonchev–Trinajstić information content (AvgIpc) is 2.66. The highest BCUT2D eigenvalue weighted by Gasteiger charge is 2.42. The first kappa shape index (κ1) is 8.03. The fraction of sp³-hybridized carbons (Fsp3) is 0.889. The predicted octanol–water partition coefficient (Wildman–Crippen LogP) is 0.338. The molecular formula is C9H15N3. The number of nitrogens with one attached hydrogen (secondary N) is 1. The molecule has 0 saturated carbocycles. The molecule has 0 amide bonds. The van der Waals surface area contributed by atoms with Crippen LogP contribution < -0.4 is 5.32 Å². The second-order valence-electron chi connectivity index (χ2n) is 3.83. The summed E-state index contributed by atoms with van der Waals surface area (Å²) in [5.41, 5.74) is 0.357. The third-order valence-electron chi connectivity index (χ3n) is 3.22. The molecule has 0 bridgehead atoms. The predicted molar refractivity (Wildman–Crippen MR) is 46.6 cm³/mol. The highest BCUT2D eigenvalue weighted by atomic mass is 15.3. The normalized spacial score (nSPS) is 35.9. The van der Waals surface area contributed by atoms with E-state index in [0.29, 0.717) is 12.1 Å². The third-order valence-corrected chi connectivity index (χ3v) is 3.22. The lowest BCUT2D eigenvalue weighted by Gasteiger charge is -2.32. The SMILES string of the molecule is N#CCN1CCC[C@@]12CCNC2. The summed E-state index contributed by atoms with van der Waals surface area (Å²) in [6, 6.07) is 2.26. The number of rotatable bonds is 1. The summed E-state index contributed by atoms with van der Waals surface area (Å²) in [5.74, 6) is 0. The Bertz CT molecular complexity index is 195. The minimum atomic E-state index is 0.357. The van der Waals surface area contributed by atoms with E-state index in [4.69, 9.17) is 5.26 Å². The Morgan fingerprint density at radius 2 is 2.42 bits per heavy atom. The lowest BCUT2D eigenvalue weighted by atomic mass is 9.95. The Hall–Kier alpha value is -0.590. The maximum atomic E-state index is 8.66. The van der Waals surface area contributed by atoms with Crippen LogP contribution in [0.25, 0.3) is 0 Å². The number of nitriles is 1. The van der Waals surface area contributed by atoms with E-state index < -0.39 is 0 Å². The molecule has 0 aromatic heterocycles. The molecular weight excluding hydrogens is 150 g/mol. The quantitative estimate of drug-likeness (QED) is 0.569. The summed E-state index contributed by atoms with van der Waals surface area (Å²) in [5, 5.41) is 12.1. The minimum Gasteiger partial charge on any atom is -0.315 e. The van der Waals surface area contributed by atoms with Crippen molar-refractivity contribution >= 4 is 0 Å². The molecule has 12 heavy (non-hydrogen) atoms. The topological polar surface area (TPSA) is 39.1 Å². The van der Waals surface area contributed by atoms with Crippen LogP contribution >= 0.6 is 0 Å². The molecule has 3 heteroatoms. The first-order valence-electron chi connectivity index (χ1n) is 4.70. The van der Waals surface area contributed by atoms with E-state index in [9.17, 15) is 0 Å². The average molecular weight is 165 g/mol. The zero-order valence-corrected chi connectivity index (χ0v) is 7.34. The molecule has 2 rings (SSSR count). The van der Waals surface area contributed by atoms with Gasteiger partial charge in [0.25, 0.3) is 0 Å². The van der Waals surface area contributed by atoms with Crippen molar-refractivity contribution in [3.8, 4) is 6.07 Å². The van der Waals surface area contributed by atoms with Crippen LogP contribution in [0.2, 0.25) is 0 Å². The summed E-state index contributed by atoms with van der Waals surface area (Å²) in [4.78, 5) is 2.35. The molecule has 3 nitrogen and oxygen atoms in total. The van der Waals surface area contributed by atoms with Crippen LogP contribution in [0.1, 0.15) is 19.3 Å². The largest absolute Gasteiger partial charge is 0.315 e. The van der Waals surface area contributed by atoms with E-state index in [1.165, 1.54) is 19.3 Å². The van der Waals surface area contributed by atoms with Gasteiger partial charge in [0.15, 0.2) is 0 Å². The summed E-state index contributed by atoms with van der Waals surface area (Å²) in [6.45, 7) is 3.95. The van der Waals surface area contributed by atoms with Gasteiger partial charge in [0.1, 0.15) is 0 Å². The summed E-state index contributed by atoms with van der Waals surface area (Å²) in [6.07, 6.45) is 3.78. The van der Waals surface area contributed by atoms with Crippen LogP contribution in [-0.4, -0.2) is 36.6 Å². The van der Waals surface area contributed by atoms with Gasteiger partial charge in [-0.2, -0.15) is 5.26 Å². The number of likely N-dealkylation sites (tertiary alicyclic amines) is 1. The van der Waals surface area contributed by atoms with Gasteiger partial charge in [-0.1, -0.05) is 0 Å². The molecule has 66 valence electrons. The van der Waals surface area contributed by atoms with Crippen LogP contribution in [0.4, 0.5) is 0 Å². The van der Waals surface area contributed by atoms with Crippen LogP contribution in [0, 0.1) is 11.3 Å². The van der Waals surface area contributed by atoms with Crippen LogP contribution in [-0.2, 0) is 0 Å². The maximum absolute atomic E-state index is 8.66. The molecule has 1 spiro atoms. The van der Waals surface area contributed by atoms with Crippen molar-refractivity contribution in [2.75, 3.05) is 26.2 Å². The Morgan fingerprint density at radius 3 is 3.08 bits per heavy atom. The second kappa shape index (κ2) is 3.04. The molecule has 0 aromatic carbocycles. The molecule has 0 aliphatic carbocycles. The molecule has 2 saturated heterocycles. The van der Waals surface area contributed by atoms with Crippen LogP contribution in [0.15, 0.2) is 0 Å². The lowest BCUT2D eigenvalue weighted by molar-refractivity contribution is 0.176. The molecule has 0 aromatic rings. The molecule has 1 N–H and O–H groups in total. The van der Waals surface area contributed by atoms with E-state index in [2.05, 4.69) is 16.3 Å². The smallest absolute Gasteiger partial charge is 0.0870 e. The monoisotopic (exact) mass is 165 g/mol. The van der Waals surface area contributed by atoms with E-state index in [1.54, 1.807) is 0 Å². The van der Waals surface area contributed by atoms with Gasteiger partial charge in [-0.15, -0.1) is 0 Å². The first-order chi connectivity index (χ1) is 5.87. The maximum Gasteiger partial charge on any atom is 0.0870 e. The van der Waals surface area contributed by atoms with Crippen molar-refractivity contribution in [3.63, 3.8) is 0 Å². The Morgan fingerprint density at radius 1 is 1.50 bits per heavy atom. The van der Waals surface area contributed by atoms with Gasteiger partial charge < -0.3 is 5.32 Å². The fourth-order valence-corrected chi connectivity index (χ4v) is 2.54. The first-order valence-corrected chi connectivity index (χ1v) is 4.70. The molecule has 2 heterocycles. The zero-order valence-electron chi connectivity index (χ0n) is 7.34. The minimum absolute atomic E-state index is 0.357. The van der Waals surface area contributed by atoms with Crippen molar-refractivity contribution in [2.24, 2.45) is 0 Å².